The first kappa shape index (κ1) is 24.6. The Balaban J connectivity index is 1.58. The fourth-order valence-electron chi connectivity index (χ4n) is 4.32. The molecule has 184 valence electrons. The van der Waals surface area contributed by atoms with Gasteiger partial charge in [0.2, 0.25) is 5.91 Å². The Hall–Kier alpha value is -3.55. The Morgan fingerprint density at radius 1 is 0.857 bits per heavy atom. The van der Waals surface area contributed by atoms with Gasteiger partial charge < -0.3 is 29.1 Å². The fourth-order valence-corrected chi connectivity index (χ4v) is 4.32. The minimum atomic E-state index is -0.958. The molecule has 7 heteroatoms. The van der Waals surface area contributed by atoms with E-state index in [9.17, 15) is 9.90 Å². The number of anilines is 1. The molecule has 0 aliphatic carbocycles. The van der Waals surface area contributed by atoms with Crippen molar-refractivity contribution in [1.82, 2.24) is 4.90 Å². The molecule has 1 aliphatic heterocycles. The van der Waals surface area contributed by atoms with Crippen LogP contribution < -0.4 is 19.1 Å². The number of rotatable bonds is 10. The van der Waals surface area contributed by atoms with E-state index in [0.29, 0.717) is 17.9 Å². The molecule has 3 aromatic rings. The molecule has 0 spiro atoms. The third-order valence-electron chi connectivity index (χ3n) is 6.32. The number of hydrogen-bond donors (Lipinski definition) is 1. The number of β-lactam (4-membered cyclic amide) rings is 1. The predicted molar refractivity (Wildman–Crippen MR) is 135 cm³/mol. The second-order valence-corrected chi connectivity index (χ2v) is 8.82. The minimum absolute atomic E-state index is 0.130. The smallest absolute Gasteiger partial charge is 0.236 e. The van der Waals surface area contributed by atoms with Crippen LogP contribution >= 0.6 is 0 Å². The van der Waals surface area contributed by atoms with Crippen LogP contribution in [0.25, 0.3) is 0 Å². The minimum Gasteiger partial charge on any atom is -0.497 e. The number of likely N-dealkylation sites (N-methyl/N-ethyl adjacent to an activating group) is 1. The maximum Gasteiger partial charge on any atom is 0.236 e. The number of hydrogen-bond acceptors (Lipinski definition) is 6. The average Bonchev–Trinajstić information content (AvgIpc) is 2.88. The summed E-state index contributed by atoms with van der Waals surface area (Å²) in [4.78, 5) is 17.2. The molecule has 1 fully saturated rings. The van der Waals surface area contributed by atoms with Gasteiger partial charge in [-0.1, -0.05) is 24.3 Å². The summed E-state index contributed by atoms with van der Waals surface area (Å²) in [5.41, 5.74) is 2.36. The van der Waals surface area contributed by atoms with E-state index in [1.165, 1.54) is 0 Å². The summed E-state index contributed by atoms with van der Waals surface area (Å²) in [6.45, 7) is 1.39. The first-order chi connectivity index (χ1) is 16.9. The molecule has 4 rings (SSSR count). The van der Waals surface area contributed by atoms with E-state index < -0.39 is 12.0 Å². The molecule has 0 bridgehead atoms. The monoisotopic (exact) mass is 476 g/mol. The summed E-state index contributed by atoms with van der Waals surface area (Å²) in [5.74, 6) is 1.43. The molecule has 3 atom stereocenters. The van der Waals surface area contributed by atoms with Crippen molar-refractivity contribution in [3.05, 3.63) is 83.9 Å². The van der Waals surface area contributed by atoms with E-state index in [4.69, 9.17) is 14.2 Å². The highest BCUT2D eigenvalue weighted by molar-refractivity contribution is 6.03. The normalized spacial score (nSPS) is 18.2. The summed E-state index contributed by atoms with van der Waals surface area (Å²) >= 11 is 0. The molecule has 3 aromatic carbocycles. The molecule has 1 saturated heterocycles. The van der Waals surface area contributed by atoms with Gasteiger partial charge in [0.05, 0.1) is 32.3 Å². The van der Waals surface area contributed by atoms with Gasteiger partial charge in [-0.05, 0) is 73.8 Å². The van der Waals surface area contributed by atoms with Crippen LogP contribution in [-0.4, -0.2) is 57.4 Å². The molecule has 1 heterocycles. The van der Waals surface area contributed by atoms with Gasteiger partial charge in [-0.3, -0.25) is 4.79 Å². The Morgan fingerprint density at radius 3 is 1.94 bits per heavy atom. The van der Waals surface area contributed by atoms with Crippen molar-refractivity contribution in [1.29, 1.82) is 0 Å². The van der Waals surface area contributed by atoms with Gasteiger partial charge in [-0.2, -0.15) is 0 Å². The molecular formula is C28H32N2O5. The van der Waals surface area contributed by atoms with Gasteiger partial charge in [0, 0.05) is 12.2 Å². The van der Waals surface area contributed by atoms with Crippen molar-refractivity contribution >= 4 is 11.6 Å². The Labute approximate surface area is 206 Å². The summed E-state index contributed by atoms with van der Waals surface area (Å²) < 4.78 is 16.3. The zero-order valence-corrected chi connectivity index (χ0v) is 20.5. The van der Waals surface area contributed by atoms with Crippen LogP contribution in [0.1, 0.15) is 23.3 Å². The van der Waals surface area contributed by atoms with E-state index in [2.05, 4.69) is 0 Å². The molecular weight excluding hydrogens is 444 g/mol. The van der Waals surface area contributed by atoms with E-state index in [1.54, 1.807) is 19.1 Å². The van der Waals surface area contributed by atoms with Crippen molar-refractivity contribution in [3.8, 4) is 17.2 Å². The van der Waals surface area contributed by atoms with Crippen LogP contribution in [0.2, 0.25) is 0 Å². The number of amides is 1. The number of aliphatic hydroxyl groups excluding tert-OH is 1. The first-order valence-corrected chi connectivity index (χ1v) is 11.6. The van der Waals surface area contributed by atoms with Crippen LogP contribution in [0, 0.1) is 5.92 Å². The Bertz CT molecular complexity index is 1110. The number of nitrogens with zero attached hydrogens (tertiary/aromatic N) is 2. The van der Waals surface area contributed by atoms with Gasteiger partial charge in [0.1, 0.15) is 23.9 Å². The van der Waals surface area contributed by atoms with Crippen LogP contribution in [0.4, 0.5) is 5.69 Å². The lowest BCUT2D eigenvalue weighted by Gasteiger charge is -2.49. The zero-order chi connectivity index (χ0) is 24.9. The van der Waals surface area contributed by atoms with Gasteiger partial charge in [-0.15, -0.1) is 0 Å². The molecule has 0 radical (unpaired) electrons. The molecule has 1 unspecified atom stereocenters. The van der Waals surface area contributed by atoms with Crippen molar-refractivity contribution < 1.29 is 24.1 Å². The van der Waals surface area contributed by atoms with Crippen LogP contribution in [-0.2, 0) is 4.79 Å². The maximum absolute atomic E-state index is 13.4. The van der Waals surface area contributed by atoms with E-state index in [-0.39, 0.29) is 11.9 Å². The highest BCUT2D eigenvalue weighted by Gasteiger charge is 2.52. The third kappa shape index (κ3) is 5.26. The van der Waals surface area contributed by atoms with Gasteiger partial charge >= 0.3 is 0 Å². The van der Waals surface area contributed by atoms with Crippen molar-refractivity contribution in [2.45, 2.75) is 12.1 Å². The summed E-state index contributed by atoms with van der Waals surface area (Å²) in [6, 6.07) is 22.0. The molecule has 1 N–H and O–H groups in total. The highest BCUT2D eigenvalue weighted by atomic mass is 16.5. The summed E-state index contributed by atoms with van der Waals surface area (Å²) in [6.07, 6.45) is -0.958. The molecule has 1 amide bonds. The van der Waals surface area contributed by atoms with Crippen molar-refractivity contribution in [2.24, 2.45) is 5.92 Å². The molecule has 35 heavy (non-hydrogen) atoms. The fraction of sp³-hybridized carbons (Fsp3) is 0.321. The third-order valence-corrected chi connectivity index (χ3v) is 6.32. The first-order valence-electron chi connectivity index (χ1n) is 11.6. The standard InChI is InChI=1S/C28H32N2O5/c1-29(2)17-18-35-24-13-7-20(8-14-24)27(31)25-26(19-5-11-22(33-3)12-6-19)30(28(25)32)21-9-15-23(34-4)16-10-21/h5-16,25-27,31H,17-18H2,1-4H3/t25?,26-,27-/m0/s1. The van der Waals surface area contributed by atoms with Gasteiger partial charge in [-0.25, -0.2) is 0 Å². The summed E-state index contributed by atoms with van der Waals surface area (Å²) in [7, 11) is 7.21. The largest absolute Gasteiger partial charge is 0.497 e. The van der Waals surface area contributed by atoms with Crippen LogP contribution in [0.3, 0.4) is 0 Å². The number of ether oxygens (including phenoxy) is 3. The van der Waals surface area contributed by atoms with Gasteiger partial charge in [0.15, 0.2) is 0 Å². The number of aliphatic hydroxyl groups is 1. The molecule has 1 aliphatic rings. The zero-order valence-electron chi connectivity index (χ0n) is 20.5. The molecule has 0 aromatic heterocycles. The SMILES string of the molecule is COc1ccc([C@H]2C([C@@H](O)c3ccc(OCCN(C)C)cc3)C(=O)N2c2ccc(OC)cc2)cc1. The predicted octanol–water partition coefficient (Wildman–Crippen LogP) is 4.08. The number of carbonyl (C=O) groups excluding carboxylic acids is 1. The number of benzene rings is 3. The topological polar surface area (TPSA) is 71.5 Å². The average molecular weight is 477 g/mol. The maximum atomic E-state index is 13.4. The quantitative estimate of drug-likeness (QED) is 0.445. The van der Waals surface area contributed by atoms with Crippen LogP contribution in [0.5, 0.6) is 17.2 Å². The van der Waals surface area contributed by atoms with Crippen molar-refractivity contribution in [3.63, 3.8) is 0 Å². The lowest BCUT2D eigenvalue weighted by Crippen LogP contribution is -2.57. The van der Waals surface area contributed by atoms with Gasteiger partial charge in [0.25, 0.3) is 0 Å². The molecule has 0 saturated carbocycles. The lowest BCUT2D eigenvalue weighted by atomic mass is 9.76. The Kier molecular flexibility index (Phi) is 7.58. The second kappa shape index (κ2) is 10.8. The second-order valence-electron chi connectivity index (χ2n) is 8.82. The van der Waals surface area contributed by atoms with Crippen molar-refractivity contribution in [2.75, 3.05) is 46.4 Å². The highest BCUT2D eigenvalue weighted by Crippen LogP contribution is 2.49. The lowest BCUT2D eigenvalue weighted by molar-refractivity contribution is -0.136. The number of carbonyl (C=O) groups is 1. The molecule has 7 nitrogen and oxygen atoms in total. The van der Waals surface area contributed by atoms with E-state index in [0.717, 1.165) is 29.3 Å². The number of methoxy groups -OCH3 is 2. The van der Waals surface area contributed by atoms with E-state index >= 15 is 0 Å². The summed E-state index contributed by atoms with van der Waals surface area (Å²) in [5, 5.41) is 11.3. The Morgan fingerprint density at radius 2 is 1.40 bits per heavy atom. The van der Waals surface area contributed by atoms with E-state index in [1.807, 2.05) is 91.8 Å². The van der Waals surface area contributed by atoms with Crippen LogP contribution in [0.15, 0.2) is 72.8 Å².